The standard InChI is InChI=1S/C29H34F6O8S/c30-28(31,32)27(38,29(33,34)35)21-2-4-22(5-3-21)42-25(36)19-12-20(14-23(13-19)44(39,40)41)26(37)43-24-6-1-15-7-16-9-17(8-15)11-18(24)10-16/h12-18,21-22,24,38H,1-11H2,(H,39,40,41). The van der Waals surface area contributed by atoms with Gasteiger partial charge < -0.3 is 14.6 Å². The molecule has 5 saturated carbocycles. The summed E-state index contributed by atoms with van der Waals surface area (Å²) in [5.74, 6) is -2.44. The fourth-order valence-corrected chi connectivity index (χ4v) is 8.55. The maximum absolute atomic E-state index is 13.3. The van der Waals surface area contributed by atoms with E-state index in [9.17, 15) is 54.0 Å². The summed E-state index contributed by atoms with van der Waals surface area (Å²) in [6.45, 7) is 0. The van der Waals surface area contributed by atoms with E-state index in [0.29, 0.717) is 24.2 Å². The SMILES string of the molecule is O=C(OC1CCC(C(O)(C(F)(F)F)C(F)(F)F)CC1)c1cc(C(=O)OC2CCC3CC4CC(C3)CC2C4)cc(S(=O)(=O)O)c1. The normalized spacial score (nSPS) is 31.2. The van der Waals surface area contributed by atoms with E-state index in [0.717, 1.165) is 37.5 Å². The summed E-state index contributed by atoms with van der Waals surface area (Å²) in [4.78, 5) is 25.4. The van der Waals surface area contributed by atoms with Gasteiger partial charge in [0.05, 0.1) is 16.0 Å². The molecule has 3 unspecified atom stereocenters. The van der Waals surface area contributed by atoms with Crippen LogP contribution in [0.4, 0.5) is 26.3 Å². The van der Waals surface area contributed by atoms with Crippen molar-refractivity contribution in [1.29, 1.82) is 0 Å². The minimum absolute atomic E-state index is 0.153. The average Bonchev–Trinajstić information content (AvgIpc) is 2.92. The first-order valence-corrected chi connectivity index (χ1v) is 16.2. The van der Waals surface area contributed by atoms with Crippen LogP contribution in [-0.4, -0.2) is 60.2 Å². The van der Waals surface area contributed by atoms with E-state index in [1.807, 2.05) is 0 Å². The van der Waals surface area contributed by atoms with Crippen LogP contribution in [0.25, 0.3) is 0 Å². The van der Waals surface area contributed by atoms with E-state index in [1.165, 1.54) is 19.3 Å². The molecule has 0 heterocycles. The third-order valence-electron chi connectivity index (χ3n) is 9.99. The average molecular weight is 657 g/mol. The number of carbonyl (C=O) groups excluding carboxylic acids is 2. The molecular weight excluding hydrogens is 622 g/mol. The molecule has 3 atom stereocenters. The first-order chi connectivity index (χ1) is 20.3. The van der Waals surface area contributed by atoms with E-state index in [2.05, 4.69) is 0 Å². The fourth-order valence-electron chi connectivity index (χ4n) is 8.00. The molecule has 0 amide bonds. The number of halogens is 6. The Balaban J connectivity index is 1.29. The van der Waals surface area contributed by atoms with Crippen molar-refractivity contribution >= 4 is 22.1 Å². The molecule has 1 aromatic carbocycles. The molecule has 0 aliphatic heterocycles. The Morgan fingerprint density at radius 3 is 1.70 bits per heavy atom. The highest BCUT2D eigenvalue weighted by Crippen LogP contribution is 2.52. The monoisotopic (exact) mass is 656 g/mol. The molecule has 1 aromatic rings. The van der Waals surface area contributed by atoms with Crippen molar-refractivity contribution in [3.63, 3.8) is 0 Å². The number of rotatable bonds is 6. The Kier molecular flexibility index (Phi) is 8.82. The zero-order valence-electron chi connectivity index (χ0n) is 23.6. The molecule has 44 heavy (non-hydrogen) atoms. The molecule has 5 aliphatic rings. The molecular formula is C29H34F6O8S. The van der Waals surface area contributed by atoms with Crippen LogP contribution in [0.15, 0.2) is 23.1 Å². The minimum Gasteiger partial charge on any atom is -0.459 e. The second kappa shape index (κ2) is 11.8. The Labute approximate surface area is 250 Å². The van der Waals surface area contributed by atoms with Crippen molar-refractivity contribution in [3.8, 4) is 0 Å². The van der Waals surface area contributed by atoms with Gasteiger partial charge in [-0.25, -0.2) is 9.59 Å². The number of benzene rings is 1. The fraction of sp³-hybridized carbons (Fsp3) is 0.724. The summed E-state index contributed by atoms with van der Waals surface area (Å²) >= 11 is 0. The minimum atomic E-state index is -5.98. The van der Waals surface area contributed by atoms with Gasteiger partial charge in [-0.2, -0.15) is 34.8 Å². The summed E-state index contributed by atoms with van der Waals surface area (Å²) in [6.07, 6.45) is -8.99. The molecule has 15 heteroatoms. The Bertz CT molecular complexity index is 1340. The molecule has 4 bridgehead atoms. The first kappa shape index (κ1) is 33.0. The Morgan fingerprint density at radius 2 is 1.20 bits per heavy atom. The van der Waals surface area contributed by atoms with Crippen molar-refractivity contribution in [3.05, 3.63) is 29.3 Å². The van der Waals surface area contributed by atoms with Crippen LogP contribution in [0.1, 0.15) is 91.3 Å². The molecule has 0 saturated heterocycles. The smallest absolute Gasteiger partial charge is 0.426 e. The van der Waals surface area contributed by atoms with Gasteiger partial charge in [-0.15, -0.1) is 0 Å². The quantitative estimate of drug-likeness (QED) is 0.209. The van der Waals surface area contributed by atoms with Gasteiger partial charge in [0.2, 0.25) is 0 Å². The molecule has 2 N–H and O–H groups in total. The van der Waals surface area contributed by atoms with Gasteiger partial charge in [0.1, 0.15) is 12.2 Å². The van der Waals surface area contributed by atoms with E-state index in [1.54, 1.807) is 0 Å². The predicted octanol–water partition coefficient (Wildman–Crippen LogP) is 6.27. The molecule has 5 fully saturated rings. The first-order valence-electron chi connectivity index (χ1n) is 14.8. The number of carbonyl (C=O) groups is 2. The lowest BCUT2D eigenvalue weighted by molar-refractivity contribution is -0.387. The van der Waals surface area contributed by atoms with Crippen molar-refractivity contribution in [1.82, 2.24) is 0 Å². The highest BCUT2D eigenvalue weighted by Gasteiger charge is 2.73. The molecule has 0 aromatic heterocycles. The summed E-state index contributed by atoms with van der Waals surface area (Å²) in [7, 11) is -4.91. The molecule has 246 valence electrons. The number of hydrogen-bond acceptors (Lipinski definition) is 7. The third-order valence-corrected chi connectivity index (χ3v) is 10.8. The van der Waals surface area contributed by atoms with Crippen LogP contribution in [0.3, 0.4) is 0 Å². The number of esters is 2. The van der Waals surface area contributed by atoms with Crippen molar-refractivity contribution in [2.75, 3.05) is 0 Å². The Morgan fingerprint density at radius 1 is 0.705 bits per heavy atom. The van der Waals surface area contributed by atoms with Crippen LogP contribution in [0.2, 0.25) is 0 Å². The highest BCUT2D eigenvalue weighted by molar-refractivity contribution is 7.85. The van der Waals surface area contributed by atoms with Crippen molar-refractivity contribution in [2.24, 2.45) is 29.6 Å². The van der Waals surface area contributed by atoms with Crippen molar-refractivity contribution < 1.29 is 63.5 Å². The Hall–Kier alpha value is -2.39. The predicted molar refractivity (Wildman–Crippen MR) is 140 cm³/mol. The van der Waals surface area contributed by atoms with Crippen LogP contribution in [-0.2, 0) is 19.6 Å². The summed E-state index contributed by atoms with van der Waals surface area (Å²) in [6, 6.07) is 2.63. The maximum Gasteiger partial charge on any atom is 0.426 e. The second-order valence-corrected chi connectivity index (χ2v) is 14.3. The van der Waals surface area contributed by atoms with Crippen LogP contribution in [0.5, 0.6) is 0 Å². The summed E-state index contributed by atoms with van der Waals surface area (Å²) in [5.41, 5.74) is -5.74. The van der Waals surface area contributed by atoms with Crippen LogP contribution in [0, 0.1) is 29.6 Å². The number of aliphatic hydroxyl groups is 1. The zero-order chi connectivity index (χ0) is 32.2. The van der Waals surface area contributed by atoms with Gasteiger partial charge in [0.15, 0.2) is 0 Å². The lowest BCUT2D eigenvalue weighted by Gasteiger charge is -2.47. The molecule has 8 nitrogen and oxygen atoms in total. The number of hydrogen-bond donors (Lipinski definition) is 2. The number of ether oxygens (including phenoxy) is 2. The molecule has 0 radical (unpaired) electrons. The van der Waals surface area contributed by atoms with Gasteiger partial charge in [-0.1, -0.05) is 0 Å². The molecule has 0 spiro atoms. The summed E-state index contributed by atoms with van der Waals surface area (Å²) < 4.78 is 124. The number of alkyl halides is 6. The van der Waals surface area contributed by atoms with Gasteiger partial charge in [-0.05, 0) is 112 Å². The van der Waals surface area contributed by atoms with E-state index in [4.69, 9.17) is 9.47 Å². The van der Waals surface area contributed by atoms with E-state index >= 15 is 0 Å². The summed E-state index contributed by atoms with van der Waals surface area (Å²) in [5, 5.41) is 9.67. The van der Waals surface area contributed by atoms with Crippen molar-refractivity contribution in [2.45, 2.75) is 106 Å². The number of fused-ring (bicyclic) bond motifs is 2. The maximum atomic E-state index is 13.3. The van der Waals surface area contributed by atoms with Gasteiger partial charge in [0, 0.05) is 5.92 Å². The van der Waals surface area contributed by atoms with Gasteiger partial charge in [-0.3, -0.25) is 4.55 Å². The van der Waals surface area contributed by atoms with Crippen LogP contribution >= 0.6 is 0 Å². The van der Waals surface area contributed by atoms with Crippen LogP contribution < -0.4 is 0 Å². The van der Waals surface area contributed by atoms with Gasteiger partial charge in [0.25, 0.3) is 15.7 Å². The lowest BCUT2D eigenvalue weighted by Crippen LogP contribution is -2.62. The lowest BCUT2D eigenvalue weighted by atomic mass is 9.60. The van der Waals surface area contributed by atoms with Gasteiger partial charge >= 0.3 is 24.3 Å². The zero-order valence-corrected chi connectivity index (χ0v) is 24.4. The second-order valence-electron chi connectivity index (χ2n) is 12.9. The van der Waals surface area contributed by atoms with E-state index in [-0.39, 0.29) is 11.5 Å². The largest absolute Gasteiger partial charge is 0.459 e. The third kappa shape index (κ3) is 6.60. The molecule has 6 rings (SSSR count). The highest BCUT2D eigenvalue weighted by atomic mass is 32.2. The molecule has 5 aliphatic carbocycles. The van der Waals surface area contributed by atoms with E-state index < -0.39 is 94.3 Å². The topological polar surface area (TPSA) is 127 Å².